The van der Waals surface area contributed by atoms with Crippen LogP contribution in [0.5, 0.6) is 0 Å². The second-order valence-electron chi connectivity index (χ2n) is 2.30. The number of benzene rings is 1. The van der Waals surface area contributed by atoms with E-state index in [9.17, 15) is 0 Å². The molecule has 0 aliphatic rings. The van der Waals surface area contributed by atoms with Crippen LogP contribution in [0.15, 0.2) is 29.8 Å². The molecular formula is C8H8INS. The van der Waals surface area contributed by atoms with Gasteiger partial charge in [-0.15, -0.1) is 0 Å². The molecule has 1 aromatic carbocycles. The lowest BCUT2D eigenvalue weighted by molar-refractivity contribution is -0.640. The van der Waals surface area contributed by atoms with Crippen LogP contribution in [0, 0.1) is 0 Å². The summed E-state index contributed by atoms with van der Waals surface area (Å²) in [5.41, 5.74) is 3.43. The topological polar surface area (TPSA) is 3.88 Å². The Bertz CT molecular complexity index is 356. The molecule has 0 bridgehead atoms. The number of fused-ring (bicyclic) bond motifs is 1. The van der Waals surface area contributed by atoms with Gasteiger partial charge in [-0.25, -0.2) is 0 Å². The van der Waals surface area contributed by atoms with Gasteiger partial charge in [0.05, 0.1) is 0 Å². The molecule has 1 nitrogen and oxygen atoms in total. The lowest BCUT2D eigenvalue weighted by Gasteiger charge is -1.80. The molecule has 58 valence electrons. The minimum absolute atomic E-state index is 0. The highest BCUT2D eigenvalue weighted by Crippen LogP contribution is 2.13. The van der Waals surface area contributed by atoms with Crippen molar-refractivity contribution in [3.63, 3.8) is 0 Å². The molecule has 1 heterocycles. The van der Waals surface area contributed by atoms with E-state index in [-0.39, 0.29) is 24.0 Å². The van der Waals surface area contributed by atoms with E-state index < -0.39 is 0 Å². The Morgan fingerprint density at radius 3 is 2.73 bits per heavy atom. The zero-order valence-electron chi connectivity index (χ0n) is 6.12. The number of nitrogens with zero attached hydrogens (tertiary/aromatic N) is 1. The molecule has 0 amide bonds. The van der Waals surface area contributed by atoms with Crippen molar-refractivity contribution in [1.82, 2.24) is 0 Å². The first kappa shape index (κ1) is 8.93. The van der Waals surface area contributed by atoms with Crippen molar-refractivity contribution in [1.29, 1.82) is 0 Å². The zero-order valence-corrected chi connectivity index (χ0v) is 9.09. The molecule has 2 aromatic rings. The number of hydrogen-bond donors (Lipinski definition) is 0. The first-order valence-corrected chi connectivity index (χ1v) is 4.08. The third-order valence-electron chi connectivity index (χ3n) is 1.58. The van der Waals surface area contributed by atoms with Crippen molar-refractivity contribution in [2.75, 3.05) is 0 Å². The van der Waals surface area contributed by atoms with Crippen LogP contribution < -0.4 is 28.5 Å². The molecule has 0 saturated heterocycles. The Balaban J connectivity index is 0.000000605. The van der Waals surface area contributed by atoms with Gasteiger partial charge in [0.15, 0.2) is 0 Å². The summed E-state index contributed by atoms with van der Waals surface area (Å²) in [7, 11) is 2.07. The minimum atomic E-state index is 0. The fourth-order valence-electron chi connectivity index (χ4n) is 1.04. The van der Waals surface area contributed by atoms with Gasteiger partial charge in [0, 0.05) is 6.07 Å². The SMILES string of the molecule is C[n+]1csc2ccccc21.[I-]. The van der Waals surface area contributed by atoms with Gasteiger partial charge in [-0.1, -0.05) is 23.5 Å². The van der Waals surface area contributed by atoms with Crippen LogP contribution in [0.1, 0.15) is 0 Å². The maximum Gasteiger partial charge on any atom is 0.225 e. The normalized spacial score (nSPS) is 9.55. The first-order chi connectivity index (χ1) is 4.88. The van der Waals surface area contributed by atoms with Crippen LogP contribution in [-0.2, 0) is 7.05 Å². The Kier molecular flexibility index (Phi) is 2.84. The zero-order chi connectivity index (χ0) is 6.97. The standard InChI is InChI=1S/C8H8NS.HI/c1-9-6-10-8-5-3-2-4-7(8)9;/h2-6H,1H3;1H/q+1;/p-1. The lowest BCUT2D eigenvalue weighted by atomic mass is 10.3. The summed E-state index contributed by atoms with van der Waals surface area (Å²) in [6.07, 6.45) is 0. The van der Waals surface area contributed by atoms with Gasteiger partial charge in [0.25, 0.3) is 0 Å². The molecule has 3 heteroatoms. The minimum Gasteiger partial charge on any atom is -1.00 e. The molecule has 1 aromatic heterocycles. The maximum atomic E-state index is 2.14. The molecule has 0 radical (unpaired) electrons. The van der Waals surface area contributed by atoms with E-state index in [2.05, 4.69) is 41.4 Å². The molecule has 0 saturated carbocycles. The molecule has 0 N–H and O–H groups in total. The van der Waals surface area contributed by atoms with Crippen LogP contribution in [0.4, 0.5) is 0 Å². The van der Waals surface area contributed by atoms with E-state index in [0.717, 1.165) is 0 Å². The smallest absolute Gasteiger partial charge is 0.225 e. The number of hydrogen-bond acceptors (Lipinski definition) is 1. The van der Waals surface area contributed by atoms with E-state index in [4.69, 9.17) is 0 Å². The molecule has 0 spiro atoms. The average molecular weight is 277 g/mol. The third kappa shape index (κ3) is 1.54. The van der Waals surface area contributed by atoms with Crippen LogP contribution in [-0.4, -0.2) is 0 Å². The average Bonchev–Trinajstić information content (AvgIpc) is 2.34. The fraction of sp³-hybridized carbons (Fsp3) is 0.125. The summed E-state index contributed by atoms with van der Waals surface area (Å²) >= 11 is 1.78. The second kappa shape index (κ2) is 3.49. The van der Waals surface area contributed by atoms with Gasteiger partial charge in [-0.3, -0.25) is 0 Å². The van der Waals surface area contributed by atoms with Crippen LogP contribution in [0.3, 0.4) is 0 Å². The predicted molar refractivity (Wildman–Crippen MR) is 43.0 cm³/mol. The highest BCUT2D eigenvalue weighted by atomic mass is 127. The van der Waals surface area contributed by atoms with E-state index in [1.807, 2.05) is 0 Å². The van der Waals surface area contributed by atoms with Gasteiger partial charge in [-0.05, 0) is 6.07 Å². The quantitative estimate of drug-likeness (QED) is 0.418. The van der Waals surface area contributed by atoms with E-state index >= 15 is 0 Å². The summed E-state index contributed by atoms with van der Waals surface area (Å²) < 4.78 is 3.49. The Morgan fingerprint density at radius 1 is 1.27 bits per heavy atom. The maximum absolute atomic E-state index is 2.14. The van der Waals surface area contributed by atoms with Crippen LogP contribution >= 0.6 is 11.3 Å². The number of para-hydroxylation sites is 1. The Morgan fingerprint density at radius 2 is 2.00 bits per heavy atom. The number of halogens is 1. The molecule has 0 aliphatic heterocycles. The molecule has 11 heavy (non-hydrogen) atoms. The van der Waals surface area contributed by atoms with Gasteiger partial charge in [0.2, 0.25) is 11.0 Å². The highest BCUT2D eigenvalue weighted by molar-refractivity contribution is 7.16. The van der Waals surface area contributed by atoms with Crippen molar-refractivity contribution in [2.45, 2.75) is 0 Å². The molecule has 0 aliphatic carbocycles. The molecule has 2 rings (SSSR count). The van der Waals surface area contributed by atoms with E-state index in [0.29, 0.717) is 0 Å². The summed E-state index contributed by atoms with van der Waals surface area (Å²) in [6.45, 7) is 0. The lowest BCUT2D eigenvalue weighted by Crippen LogP contribution is -3.00. The largest absolute Gasteiger partial charge is 1.00 e. The van der Waals surface area contributed by atoms with Crippen LogP contribution in [0.2, 0.25) is 0 Å². The van der Waals surface area contributed by atoms with Gasteiger partial charge >= 0.3 is 0 Å². The summed E-state index contributed by atoms with van der Waals surface area (Å²) in [5.74, 6) is 0. The highest BCUT2D eigenvalue weighted by Gasteiger charge is 2.03. The first-order valence-electron chi connectivity index (χ1n) is 3.20. The number of aromatic nitrogens is 1. The van der Waals surface area contributed by atoms with E-state index in [1.165, 1.54) is 10.2 Å². The summed E-state index contributed by atoms with van der Waals surface area (Å²) in [5, 5.41) is 0. The molecule has 0 atom stereocenters. The van der Waals surface area contributed by atoms with Crippen molar-refractivity contribution < 1.29 is 28.5 Å². The van der Waals surface area contributed by atoms with Gasteiger partial charge in [-0.2, -0.15) is 4.57 Å². The van der Waals surface area contributed by atoms with Gasteiger partial charge < -0.3 is 24.0 Å². The van der Waals surface area contributed by atoms with Crippen molar-refractivity contribution >= 4 is 21.6 Å². The van der Waals surface area contributed by atoms with E-state index in [1.54, 1.807) is 11.3 Å². The number of aryl methyl sites for hydroxylation is 1. The van der Waals surface area contributed by atoms with Crippen molar-refractivity contribution in [3.05, 3.63) is 29.8 Å². The number of rotatable bonds is 0. The number of thiazole rings is 1. The van der Waals surface area contributed by atoms with Crippen LogP contribution in [0.25, 0.3) is 10.2 Å². The predicted octanol–water partition coefficient (Wildman–Crippen LogP) is -1.27. The fourth-order valence-corrected chi connectivity index (χ4v) is 1.92. The third-order valence-corrected chi connectivity index (χ3v) is 2.60. The summed E-state index contributed by atoms with van der Waals surface area (Å²) in [4.78, 5) is 0. The monoisotopic (exact) mass is 277 g/mol. The Hall–Kier alpha value is -0.160. The Labute approximate surface area is 86.7 Å². The molecular weight excluding hydrogens is 269 g/mol. The summed E-state index contributed by atoms with van der Waals surface area (Å²) in [6, 6.07) is 8.40. The van der Waals surface area contributed by atoms with Crippen molar-refractivity contribution in [3.8, 4) is 0 Å². The van der Waals surface area contributed by atoms with Gasteiger partial charge in [0.1, 0.15) is 11.7 Å². The van der Waals surface area contributed by atoms with Crippen molar-refractivity contribution in [2.24, 2.45) is 7.05 Å². The second-order valence-corrected chi connectivity index (χ2v) is 3.19. The molecule has 0 unspecified atom stereocenters. The molecule has 0 fully saturated rings.